The summed E-state index contributed by atoms with van der Waals surface area (Å²) in [6.45, 7) is 0. The second-order valence-corrected chi connectivity index (χ2v) is 5.53. The zero-order valence-corrected chi connectivity index (χ0v) is 12.3. The average Bonchev–Trinajstić information content (AvgIpc) is 2.93. The van der Waals surface area contributed by atoms with Crippen LogP contribution in [0.1, 0.15) is 18.5 Å². The highest BCUT2D eigenvalue weighted by Gasteiger charge is 2.49. The molecule has 0 saturated carbocycles. The quantitative estimate of drug-likeness (QED) is 0.915. The highest BCUT2D eigenvalue weighted by Crippen LogP contribution is 2.35. The number of carbonyl (C=O) groups is 1. The standard InChI is InChI=1S/C16H12F3N3O2/c17-16(18,19)15(24)13-3-4-14(23)22(13)10-1-2-11-9(7-10)5-6-21-12(11)8-20/h1-2,5-7,13,15,24H,3-4H2/t13-,15-/m0/s1. The van der Waals surface area contributed by atoms with Crippen LogP contribution in [0.25, 0.3) is 10.8 Å². The molecule has 1 aliphatic rings. The van der Waals surface area contributed by atoms with Crippen LogP contribution in [0.4, 0.5) is 18.9 Å². The molecule has 0 unspecified atom stereocenters. The van der Waals surface area contributed by atoms with E-state index in [0.29, 0.717) is 10.8 Å². The number of nitrogens with zero attached hydrogens (tertiary/aromatic N) is 3. The van der Waals surface area contributed by atoms with Gasteiger partial charge in [-0.2, -0.15) is 18.4 Å². The fourth-order valence-electron chi connectivity index (χ4n) is 2.96. The van der Waals surface area contributed by atoms with Gasteiger partial charge in [-0.1, -0.05) is 0 Å². The highest BCUT2D eigenvalue weighted by atomic mass is 19.4. The van der Waals surface area contributed by atoms with Crippen molar-refractivity contribution in [2.75, 3.05) is 4.90 Å². The molecule has 1 aromatic heterocycles. The number of aliphatic hydroxyl groups excluding tert-OH is 1. The Morgan fingerprint density at radius 1 is 1.38 bits per heavy atom. The molecule has 3 rings (SSSR count). The molecule has 1 fully saturated rings. The first kappa shape index (κ1) is 16.2. The van der Waals surface area contributed by atoms with Crippen LogP contribution >= 0.6 is 0 Å². The predicted octanol–water partition coefficient (Wildman–Crippen LogP) is 2.53. The second kappa shape index (κ2) is 5.76. The molecule has 0 radical (unpaired) electrons. The lowest BCUT2D eigenvalue weighted by atomic mass is 10.1. The van der Waals surface area contributed by atoms with Crippen molar-refractivity contribution < 1.29 is 23.1 Å². The third-order valence-corrected chi connectivity index (χ3v) is 4.09. The molecular weight excluding hydrogens is 323 g/mol. The summed E-state index contributed by atoms with van der Waals surface area (Å²) in [5.74, 6) is -0.475. The molecule has 0 bridgehead atoms. The van der Waals surface area contributed by atoms with E-state index < -0.39 is 24.2 Å². The minimum Gasteiger partial charge on any atom is -0.382 e. The topological polar surface area (TPSA) is 77.2 Å². The number of hydrogen-bond donors (Lipinski definition) is 1. The molecule has 1 aliphatic heterocycles. The molecule has 1 amide bonds. The molecule has 5 nitrogen and oxygen atoms in total. The molecule has 1 N–H and O–H groups in total. The van der Waals surface area contributed by atoms with Crippen LogP contribution in [0.2, 0.25) is 0 Å². The van der Waals surface area contributed by atoms with Gasteiger partial charge in [0.1, 0.15) is 11.8 Å². The van der Waals surface area contributed by atoms with E-state index in [1.165, 1.54) is 18.3 Å². The summed E-state index contributed by atoms with van der Waals surface area (Å²) in [5.41, 5.74) is 0.451. The van der Waals surface area contributed by atoms with E-state index in [1.807, 2.05) is 6.07 Å². The minimum absolute atomic E-state index is 0.0599. The summed E-state index contributed by atoms with van der Waals surface area (Å²) < 4.78 is 38.5. The van der Waals surface area contributed by atoms with Gasteiger partial charge in [0.25, 0.3) is 0 Å². The van der Waals surface area contributed by atoms with Gasteiger partial charge in [-0.05, 0) is 36.1 Å². The van der Waals surface area contributed by atoms with Gasteiger partial charge >= 0.3 is 6.18 Å². The van der Waals surface area contributed by atoms with Crippen LogP contribution in [0.15, 0.2) is 30.5 Å². The largest absolute Gasteiger partial charge is 0.416 e. The number of aliphatic hydroxyl groups is 1. The molecule has 124 valence electrons. The van der Waals surface area contributed by atoms with E-state index in [1.54, 1.807) is 12.1 Å². The third-order valence-electron chi connectivity index (χ3n) is 4.09. The first-order valence-electron chi connectivity index (χ1n) is 7.18. The zero-order valence-electron chi connectivity index (χ0n) is 12.3. The van der Waals surface area contributed by atoms with E-state index in [0.717, 1.165) is 4.90 Å². The van der Waals surface area contributed by atoms with E-state index in [4.69, 9.17) is 5.26 Å². The Morgan fingerprint density at radius 3 is 2.79 bits per heavy atom. The number of rotatable bonds is 2. The maximum atomic E-state index is 12.8. The lowest BCUT2D eigenvalue weighted by molar-refractivity contribution is -0.209. The molecular formula is C16H12F3N3O2. The van der Waals surface area contributed by atoms with Crippen molar-refractivity contribution >= 4 is 22.4 Å². The summed E-state index contributed by atoms with van der Waals surface area (Å²) >= 11 is 0. The number of amides is 1. The molecule has 0 spiro atoms. The van der Waals surface area contributed by atoms with E-state index >= 15 is 0 Å². The van der Waals surface area contributed by atoms with E-state index in [2.05, 4.69) is 4.98 Å². The Balaban J connectivity index is 2.04. The summed E-state index contributed by atoms with van der Waals surface area (Å²) in [5, 5.41) is 19.7. The van der Waals surface area contributed by atoms with Gasteiger partial charge in [-0.3, -0.25) is 4.79 Å². The van der Waals surface area contributed by atoms with Gasteiger partial charge < -0.3 is 10.0 Å². The van der Waals surface area contributed by atoms with Gasteiger partial charge in [-0.25, -0.2) is 4.98 Å². The first-order valence-corrected chi connectivity index (χ1v) is 7.18. The smallest absolute Gasteiger partial charge is 0.382 e. The molecule has 2 atom stereocenters. The van der Waals surface area contributed by atoms with Crippen molar-refractivity contribution in [1.29, 1.82) is 5.26 Å². The Labute approximate surface area is 134 Å². The van der Waals surface area contributed by atoms with Crippen LogP contribution < -0.4 is 4.90 Å². The molecule has 1 saturated heterocycles. The number of aromatic nitrogens is 1. The van der Waals surface area contributed by atoms with Crippen molar-refractivity contribution in [3.05, 3.63) is 36.2 Å². The number of carbonyl (C=O) groups excluding carboxylic acids is 1. The lowest BCUT2D eigenvalue weighted by Crippen LogP contribution is -2.48. The number of pyridine rings is 1. The highest BCUT2D eigenvalue weighted by molar-refractivity contribution is 5.99. The number of anilines is 1. The van der Waals surface area contributed by atoms with Gasteiger partial charge in [0.2, 0.25) is 5.91 Å². The van der Waals surface area contributed by atoms with Gasteiger partial charge in [0, 0.05) is 23.7 Å². The molecule has 8 heteroatoms. The number of hydrogen-bond acceptors (Lipinski definition) is 4. The van der Waals surface area contributed by atoms with Crippen LogP contribution in [0, 0.1) is 11.3 Å². The Kier molecular flexibility index (Phi) is 3.89. The first-order chi connectivity index (χ1) is 11.3. The van der Waals surface area contributed by atoms with Crippen molar-refractivity contribution in [1.82, 2.24) is 4.98 Å². The SMILES string of the molecule is N#Cc1nccc2cc(N3C(=O)CC[C@H]3[C@H](O)C(F)(F)F)ccc12. The zero-order chi connectivity index (χ0) is 17.5. The number of halogens is 3. The van der Waals surface area contributed by atoms with Crippen LogP contribution in [0.5, 0.6) is 0 Å². The fraction of sp³-hybridized carbons (Fsp3) is 0.312. The van der Waals surface area contributed by atoms with Crippen LogP contribution in [-0.2, 0) is 4.79 Å². The lowest BCUT2D eigenvalue weighted by Gasteiger charge is -2.30. The molecule has 2 heterocycles. The normalized spacial score (nSPS) is 19.5. The number of fused-ring (bicyclic) bond motifs is 1. The maximum absolute atomic E-state index is 12.8. The predicted molar refractivity (Wildman–Crippen MR) is 79.0 cm³/mol. The van der Waals surface area contributed by atoms with Crippen molar-refractivity contribution in [3.63, 3.8) is 0 Å². The molecule has 2 aromatic rings. The van der Waals surface area contributed by atoms with Gasteiger partial charge in [0.05, 0.1) is 6.04 Å². The second-order valence-electron chi connectivity index (χ2n) is 5.53. The number of nitriles is 1. The molecule has 24 heavy (non-hydrogen) atoms. The van der Waals surface area contributed by atoms with E-state index in [-0.39, 0.29) is 24.2 Å². The van der Waals surface area contributed by atoms with Crippen molar-refractivity contribution in [2.24, 2.45) is 0 Å². The Bertz CT molecular complexity index is 845. The van der Waals surface area contributed by atoms with Gasteiger partial charge in [-0.15, -0.1) is 0 Å². The molecule has 0 aliphatic carbocycles. The number of benzene rings is 1. The van der Waals surface area contributed by atoms with Crippen LogP contribution in [-0.4, -0.2) is 34.3 Å². The summed E-state index contributed by atoms with van der Waals surface area (Å²) in [6.07, 6.45) is -6.12. The van der Waals surface area contributed by atoms with Crippen molar-refractivity contribution in [2.45, 2.75) is 31.2 Å². The minimum atomic E-state index is -4.80. The Morgan fingerprint density at radius 2 is 2.12 bits per heavy atom. The maximum Gasteiger partial charge on any atom is 0.416 e. The van der Waals surface area contributed by atoms with Gasteiger partial charge in [0.15, 0.2) is 6.10 Å². The van der Waals surface area contributed by atoms with Crippen molar-refractivity contribution in [3.8, 4) is 6.07 Å². The molecule has 1 aromatic carbocycles. The third kappa shape index (κ3) is 2.67. The Hall–Kier alpha value is -2.66. The summed E-state index contributed by atoms with van der Waals surface area (Å²) in [6, 6.07) is 6.71. The van der Waals surface area contributed by atoms with E-state index in [9.17, 15) is 23.1 Å². The monoisotopic (exact) mass is 335 g/mol. The number of alkyl halides is 3. The average molecular weight is 335 g/mol. The fourth-order valence-corrected chi connectivity index (χ4v) is 2.96. The van der Waals surface area contributed by atoms with Crippen LogP contribution in [0.3, 0.4) is 0 Å². The summed E-state index contributed by atoms with van der Waals surface area (Å²) in [7, 11) is 0. The summed E-state index contributed by atoms with van der Waals surface area (Å²) in [4.78, 5) is 17.0.